The van der Waals surface area contributed by atoms with E-state index in [1.165, 1.54) is 0 Å². The Morgan fingerprint density at radius 2 is 1.13 bits per heavy atom. The van der Waals surface area contributed by atoms with Gasteiger partial charge in [0, 0.05) is 0 Å². The third kappa shape index (κ3) is 2.66. The number of phenolic OH excluding ortho intramolecular Hbond substituents is 1. The molecule has 1 aromatic rings. The lowest BCUT2D eigenvalue weighted by molar-refractivity contribution is 0.469. The van der Waals surface area contributed by atoms with E-state index >= 15 is 0 Å². The number of aromatic hydroxyl groups is 1. The van der Waals surface area contributed by atoms with Gasteiger partial charge in [-0.15, -0.1) is 0 Å². The summed E-state index contributed by atoms with van der Waals surface area (Å²) in [6.07, 6.45) is 0. The molecule has 0 aliphatic heterocycles. The Kier molecular flexibility index (Phi) is 4.45. The summed E-state index contributed by atoms with van der Waals surface area (Å²) in [5.41, 5.74) is -0.200. The summed E-state index contributed by atoms with van der Waals surface area (Å²) < 4.78 is -1.95. The Hall–Kier alpha value is 1.05. The first-order chi connectivity index (χ1) is 6.68. The van der Waals surface area contributed by atoms with Gasteiger partial charge in [-0.05, 0) is 0 Å². The molecule has 0 atom stereocenters. The van der Waals surface area contributed by atoms with Gasteiger partial charge in [-0.25, -0.2) is 0 Å². The fourth-order valence-electron chi connectivity index (χ4n) is 0.879. The lowest BCUT2D eigenvalue weighted by atomic mass is 10.2. The Morgan fingerprint density at radius 3 is 1.53 bits per heavy atom. The molecule has 15 heavy (non-hydrogen) atoms. The van der Waals surface area contributed by atoms with Crippen molar-refractivity contribution in [2.24, 2.45) is 0 Å². The third-order valence-corrected chi connectivity index (χ3v) is 3.88. The SMILES string of the molecule is Oc1c(Cl)c(Cl)c(Cl)c(Cl)c1C(Cl)(Cl)Cl. The van der Waals surface area contributed by atoms with Crippen LogP contribution in [0.2, 0.25) is 20.1 Å². The number of hydrogen-bond donors (Lipinski definition) is 1. The highest BCUT2D eigenvalue weighted by Gasteiger charge is 2.33. The highest BCUT2D eigenvalue weighted by Crippen LogP contribution is 2.53. The van der Waals surface area contributed by atoms with E-state index in [2.05, 4.69) is 0 Å². The van der Waals surface area contributed by atoms with E-state index in [-0.39, 0.29) is 25.7 Å². The van der Waals surface area contributed by atoms with Crippen LogP contribution in [0.25, 0.3) is 0 Å². The van der Waals surface area contributed by atoms with Crippen LogP contribution in [0.15, 0.2) is 0 Å². The van der Waals surface area contributed by atoms with Gasteiger partial charge in [0.05, 0.1) is 20.6 Å². The van der Waals surface area contributed by atoms with Crippen LogP contribution in [-0.4, -0.2) is 5.11 Å². The molecule has 0 fully saturated rings. The van der Waals surface area contributed by atoms with Crippen molar-refractivity contribution in [1.82, 2.24) is 0 Å². The first kappa shape index (κ1) is 14.1. The zero-order valence-corrected chi connectivity index (χ0v) is 11.9. The van der Waals surface area contributed by atoms with Gasteiger partial charge in [-0.1, -0.05) is 81.2 Å². The second kappa shape index (κ2) is 4.73. The molecule has 0 aliphatic rings. The monoisotopic (exact) mass is 346 g/mol. The van der Waals surface area contributed by atoms with Crippen molar-refractivity contribution in [3.05, 3.63) is 25.7 Å². The zero-order chi connectivity index (χ0) is 12.0. The topological polar surface area (TPSA) is 20.2 Å². The maximum absolute atomic E-state index is 9.61. The minimum atomic E-state index is -1.95. The second-order valence-corrected chi connectivity index (χ2v) is 6.27. The molecule has 0 unspecified atom stereocenters. The highest BCUT2D eigenvalue weighted by atomic mass is 35.6. The van der Waals surface area contributed by atoms with Crippen molar-refractivity contribution in [3.63, 3.8) is 0 Å². The van der Waals surface area contributed by atoms with Crippen molar-refractivity contribution >= 4 is 81.2 Å². The van der Waals surface area contributed by atoms with E-state index in [0.717, 1.165) is 0 Å². The molecule has 1 nitrogen and oxygen atoms in total. The summed E-state index contributed by atoms with van der Waals surface area (Å²) in [7, 11) is 0. The van der Waals surface area contributed by atoms with Crippen molar-refractivity contribution in [3.8, 4) is 5.75 Å². The molecule has 0 radical (unpaired) electrons. The van der Waals surface area contributed by atoms with Crippen LogP contribution in [0, 0.1) is 0 Å². The van der Waals surface area contributed by atoms with Crippen molar-refractivity contribution in [2.45, 2.75) is 3.79 Å². The van der Waals surface area contributed by atoms with E-state index in [9.17, 15) is 5.11 Å². The van der Waals surface area contributed by atoms with Crippen LogP contribution < -0.4 is 0 Å². The summed E-state index contributed by atoms with van der Waals surface area (Å²) >= 11 is 39.6. The van der Waals surface area contributed by atoms with Crippen molar-refractivity contribution < 1.29 is 5.11 Å². The van der Waals surface area contributed by atoms with Crippen LogP contribution in [-0.2, 0) is 3.79 Å². The minimum Gasteiger partial charge on any atom is -0.506 e. The van der Waals surface area contributed by atoms with Gasteiger partial charge in [0.25, 0.3) is 0 Å². The maximum Gasteiger partial charge on any atom is 0.221 e. The number of alkyl halides is 3. The molecule has 84 valence electrons. The first-order valence-electron chi connectivity index (χ1n) is 3.30. The second-order valence-electron chi connectivity index (χ2n) is 2.48. The predicted molar refractivity (Wildman–Crippen MR) is 67.4 cm³/mol. The Morgan fingerprint density at radius 1 is 0.733 bits per heavy atom. The fraction of sp³-hybridized carbons (Fsp3) is 0.143. The van der Waals surface area contributed by atoms with Gasteiger partial charge in [-0.3, -0.25) is 0 Å². The molecule has 8 heteroatoms. The van der Waals surface area contributed by atoms with E-state index in [4.69, 9.17) is 81.2 Å². The molecule has 0 spiro atoms. The van der Waals surface area contributed by atoms with Gasteiger partial charge in [0.15, 0.2) is 0 Å². The molecule has 0 saturated heterocycles. The average Bonchev–Trinajstić information content (AvgIpc) is 2.09. The third-order valence-electron chi connectivity index (χ3n) is 1.53. The molecular weight excluding hydrogens is 348 g/mol. The highest BCUT2D eigenvalue weighted by molar-refractivity contribution is 6.68. The Labute approximate surface area is 121 Å². The number of phenols is 1. The van der Waals surface area contributed by atoms with Crippen molar-refractivity contribution in [1.29, 1.82) is 0 Å². The number of benzene rings is 1. The molecule has 1 aromatic carbocycles. The fourth-order valence-corrected chi connectivity index (χ4v) is 2.56. The van der Waals surface area contributed by atoms with E-state index in [0.29, 0.717) is 0 Å². The lowest BCUT2D eigenvalue weighted by Gasteiger charge is -2.17. The summed E-state index contributed by atoms with van der Waals surface area (Å²) in [6.45, 7) is 0. The van der Waals surface area contributed by atoms with E-state index in [1.807, 2.05) is 0 Å². The summed E-state index contributed by atoms with van der Waals surface area (Å²) in [5.74, 6) is -0.504. The van der Waals surface area contributed by atoms with Gasteiger partial charge in [0.1, 0.15) is 10.8 Å². The van der Waals surface area contributed by atoms with Gasteiger partial charge < -0.3 is 5.11 Å². The number of rotatable bonds is 0. The normalized spacial score (nSPS) is 11.9. The largest absolute Gasteiger partial charge is 0.506 e. The lowest BCUT2D eigenvalue weighted by Crippen LogP contribution is -2.03. The molecule has 0 aliphatic carbocycles. The Balaban J connectivity index is 3.68. The average molecular weight is 349 g/mol. The zero-order valence-electron chi connectivity index (χ0n) is 6.59. The minimum absolute atomic E-state index is 0.0811. The molecule has 1 rings (SSSR count). The van der Waals surface area contributed by atoms with Crippen LogP contribution >= 0.6 is 81.2 Å². The smallest absolute Gasteiger partial charge is 0.221 e. The summed E-state index contributed by atoms with van der Waals surface area (Å²) in [4.78, 5) is 0. The summed E-state index contributed by atoms with van der Waals surface area (Å²) in [5, 5.41) is 9.06. The molecule has 0 saturated carbocycles. The van der Waals surface area contributed by atoms with Crippen molar-refractivity contribution in [2.75, 3.05) is 0 Å². The summed E-state index contributed by atoms with van der Waals surface area (Å²) in [6, 6.07) is 0. The quantitative estimate of drug-likeness (QED) is 0.355. The predicted octanol–water partition coefficient (Wildman–Crippen LogP) is 5.83. The van der Waals surface area contributed by atoms with Crippen LogP contribution in [0.3, 0.4) is 0 Å². The van der Waals surface area contributed by atoms with Crippen LogP contribution in [0.1, 0.15) is 5.56 Å². The molecule has 1 N–H and O–H groups in total. The standard InChI is InChI=1S/C7HCl7O/c8-2-1(7(12,13)14)6(15)5(11)4(10)3(2)9/h15H. The molecular formula is C7HCl7O. The van der Waals surface area contributed by atoms with Crippen LogP contribution in [0.5, 0.6) is 5.75 Å². The van der Waals surface area contributed by atoms with E-state index < -0.39 is 9.54 Å². The van der Waals surface area contributed by atoms with Gasteiger partial charge >= 0.3 is 0 Å². The first-order valence-corrected chi connectivity index (χ1v) is 5.94. The molecule has 0 aromatic heterocycles. The maximum atomic E-state index is 9.61. The number of halogens is 7. The van der Waals surface area contributed by atoms with Crippen LogP contribution in [0.4, 0.5) is 0 Å². The Bertz CT molecular complexity index is 380. The molecule has 0 heterocycles. The molecule has 0 bridgehead atoms. The van der Waals surface area contributed by atoms with E-state index in [1.54, 1.807) is 0 Å². The van der Waals surface area contributed by atoms with Gasteiger partial charge in [0.2, 0.25) is 3.79 Å². The number of hydrogen-bond acceptors (Lipinski definition) is 1. The van der Waals surface area contributed by atoms with Gasteiger partial charge in [-0.2, -0.15) is 0 Å². The molecule has 0 amide bonds.